The van der Waals surface area contributed by atoms with Crippen molar-refractivity contribution in [2.45, 2.75) is 32.8 Å². The molecule has 0 aliphatic carbocycles. The fraction of sp³-hybridized carbons (Fsp3) is 0.833. The van der Waals surface area contributed by atoms with Crippen LogP contribution in [0.4, 0.5) is 4.79 Å². The zero-order chi connectivity index (χ0) is 13.5. The number of ether oxygens (including phenoxy) is 1. The number of carbonyl (C=O) groups excluding carboxylic acids is 1. The molecule has 6 heteroatoms. The Morgan fingerprint density at radius 2 is 2.22 bits per heavy atom. The first-order valence-corrected chi connectivity index (χ1v) is 6.40. The largest absolute Gasteiger partial charge is 0.481 e. The van der Waals surface area contributed by atoms with Crippen LogP contribution in [0, 0.1) is 5.92 Å². The van der Waals surface area contributed by atoms with Crippen LogP contribution in [-0.4, -0.2) is 54.4 Å². The van der Waals surface area contributed by atoms with Gasteiger partial charge in [-0.25, -0.2) is 4.79 Å². The summed E-state index contributed by atoms with van der Waals surface area (Å²) < 4.78 is 5.42. The van der Waals surface area contributed by atoms with Crippen LogP contribution in [-0.2, 0) is 9.53 Å². The number of carboxylic acid groups (broad SMARTS) is 1. The van der Waals surface area contributed by atoms with Crippen molar-refractivity contribution < 1.29 is 19.4 Å². The van der Waals surface area contributed by atoms with Crippen molar-refractivity contribution in [1.29, 1.82) is 0 Å². The van der Waals surface area contributed by atoms with E-state index in [0.29, 0.717) is 19.0 Å². The second kappa shape index (κ2) is 7.20. The summed E-state index contributed by atoms with van der Waals surface area (Å²) in [6, 6.07) is -0.196. The van der Waals surface area contributed by atoms with Gasteiger partial charge in [0.15, 0.2) is 0 Å². The van der Waals surface area contributed by atoms with Crippen LogP contribution in [0.25, 0.3) is 0 Å². The minimum atomic E-state index is -0.890. The van der Waals surface area contributed by atoms with Gasteiger partial charge in [0.05, 0.1) is 12.5 Å². The molecular formula is C12H22N2O4. The standard InChI is InChI=1S/C12H22N2O4/c1-3-14(6-4-11(15)16)12(17)13-8-10-5-7-18-9(10)2/h9-10H,3-8H2,1-2H3,(H,13,17)(H,15,16). The lowest BCUT2D eigenvalue weighted by Crippen LogP contribution is -2.43. The van der Waals surface area contributed by atoms with E-state index in [1.807, 2.05) is 13.8 Å². The van der Waals surface area contributed by atoms with Crippen molar-refractivity contribution in [3.8, 4) is 0 Å². The molecule has 1 rings (SSSR count). The van der Waals surface area contributed by atoms with Crippen molar-refractivity contribution in [3.63, 3.8) is 0 Å². The van der Waals surface area contributed by atoms with E-state index in [1.54, 1.807) is 0 Å². The summed E-state index contributed by atoms with van der Waals surface area (Å²) in [5, 5.41) is 11.4. The molecule has 0 aromatic rings. The van der Waals surface area contributed by atoms with Crippen LogP contribution in [0.2, 0.25) is 0 Å². The van der Waals surface area contributed by atoms with Crippen molar-refractivity contribution in [2.24, 2.45) is 5.92 Å². The van der Waals surface area contributed by atoms with Crippen LogP contribution in [0.5, 0.6) is 0 Å². The number of rotatable bonds is 6. The number of carbonyl (C=O) groups is 2. The van der Waals surface area contributed by atoms with Gasteiger partial charge in [0, 0.05) is 32.2 Å². The molecule has 0 aromatic heterocycles. The van der Waals surface area contributed by atoms with Gasteiger partial charge in [-0.2, -0.15) is 0 Å². The highest BCUT2D eigenvalue weighted by Crippen LogP contribution is 2.19. The first-order valence-electron chi connectivity index (χ1n) is 6.40. The van der Waals surface area contributed by atoms with E-state index in [4.69, 9.17) is 9.84 Å². The summed E-state index contributed by atoms with van der Waals surface area (Å²) in [5.74, 6) is -0.536. The molecule has 0 saturated carbocycles. The van der Waals surface area contributed by atoms with Crippen molar-refractivity contribution in [2.75, 3.05) is 26.2 Å². The molecule has 0 bridgehead atoms. The Labute approximate surface area is 107 Å². The third kappa shape index (κ3) is 4.52. The Morgan fingerprint density at radius 3 is 2.72 bits per heavy atom. The maximum Gasteiger partial charge on any atom is 0.317 e. The van der Waals surface area contributed by atoms with E-state index in [0.717, 1.165) is 13.0 Å². The Kier molecular flexibility index (Phi) is 5.91. The molecule has 6 nitrogen and oxygen atoms in total. The fourth-order valence-corrected chi connectivity index (χ4v) is 2.01. The summed E-state index contributed by atoms with van der Waals surface area (Å²) >= 11 is 0. The van der Waals surface area contributed by atoms with Crippen LogP contribution in [0.15, 0.2) is 0 Å². The monoisotopic (exact) mass is 258 g/mol. The Hall–Kier alpha value is -1.30. The first kappa shape index (κ1) is 14.8. The second-order valence-corrected chi connectivity index (χ2v) is 4.53. The van der Waals surface area contributed by atoms with Gasteiger partial charge in [-0.05, 0) is 20.3 Å². The summed E-state index contributed by atoms with van der Waals surface area (Å²) in [6.45, 7) is 5.93. The number of aliphatic carboxylic acids is 1. The topological polar surface area (TPSA) is 78.9 Å². The number of nitrogens with one attached hydrogen (secondary N) is 1. The van der Waals surface area contributed by atoms with E-state index in [1.165, 1.54) is 4.90 Å². The smallest absolute Gasteiger partial charge is 0.317 e. The van der Waals surface area contributed by atoms with Crippen LogP contribution < -0.4 is 5.32 Å². The van der Waals surface area contributed by atoms with Gasteiger partial charge < -0.3 is 20.1 Å². The maximum atomic E-state index is 11.8. The summed E-state index contributed by atoms with van der Waals surface area (Å²) in [7, 11) is 0. The van der Waals surface area contributed by atoms with Crippen LogP contribution in [0.3, 0.4) is 0 Å². The predicted molar refractivity (Wildman–Crippen MR) is 66.4 cm³/mol. The van der Waals surface area contributed by atoms with Crippen molar-refractivity contribution >= 4 is 12.0 Å². The molecule has 1 aliphatic heterocycles. The molecule has 0 aromatic carbocycles. The molecule has 18 heavy (non-hydrogen) atoms. The highest BCUT2D eigenvalue weighted by Gasteiger charge is 2.25. The molecule has 1 saturated heterocycles. The molecule has 2 amide bonds. The molecule has 1 fully saturated rings. The van der Waals surface area contributed by atoms with Crippen molar-refractivity contribution in [3.05, 3.63) is 0 Å². The van der Waals surface area contributed by atoms with Gasteiger partial charge in [0.2, 0.25) is 0 Å². The summed E-state index contributed by atoms with van der Waals surface area (Å²) in [4.78, 5) is 23.8. The fourth-order valence-electron chi connectivity index (χ4n) is 2.01. The van der Waals surface area contributed by atoms with Gasteiger partial charge in [-0.3, -0.25) is 4.79 Å². The minimum Gasteiger partial charge on any atom is -0.481 e. The summed E-state index contributed by atoms with van der Waals surface area (Å²) in [5.41, 5.74) is 0. The van der Waals surface area contributed by atoms with Crippen molar-refractivity contribution in [1.82, 2.24) is 10.2 Å². The zero-order valence-electron chi connectivity index (χ0n) is 11.0. The van der Waals surface area contributed by atoms with Gasteiger partial charge in [0.25, 0.3) is 0 Å². The number of urea groups is 1. The average molecular weight is 258 g/mol. The number of hydrogen-bond acceptors (Lipinski definition) is 3. The van der Waals surface area contributed by atoms with E-state index in [-0.39, 0.29) is 25.1 Å². The molecule has 1 aliphatic rings. The molecule has 2 unspecified atom stereocenters. The first-order chi connectivity index (χ1) is 8.54. The molecule has 0 spiro atoms. The van der Waals surface area contributed by atoms with Gasteiger partial charge in [-0.15, -0.1) is 0 Å². The molecule has 2 N–H and O–H groups in total. The van der Waals surface area contributed by atoms with Gasteiger partial charge in [-0.1, -0.05) is 0 Å². The maximum absolute atomic E-state index is 11.8. The normalized spacial score (nSPS) is 22.8. The lowest BCUT2D eigenvalue weighted by atomic mass is 10.0. The Bertz CT molecular complexity index is 296. The Morgan fingerprint density at radius 1 is 1.50 bits per heavy atom. The van der Waals surface area contributed by atoms with E-state index in [2.05, 4.69) is 5.32 Å². The number of carboxylic acids is 1. The molecule has 1 heterocycles. The Balaban J connectivity index is 2.30. The minimum absolute atomic E-state index is 0.0236. The zero-order valence-corrected chi connectivity index (χ0v) is 11.0. The lowest BCUT2D eigenvalue weighted by molar-refractivity contribution is -0.137. The van der Waals surface area contributed by atoms with E-state index < -0.39 is 5.97 Å². The van der Waals surface area contributed by atoms with Crippen LogP contribution in [0.1, 0.15) is 26.7 Å². The predicted octanol–water partition coefficient (Wildman–Crippen LogP) is 0.918. The average Bonchev–Trinajstić information content (AvgIpc) is 2.72. The number of amides is 2. The SMILES string of the molecule is CCN(CCC(=O)O)C(=O)NCC1CCOC1C. The van der Waals surface area contributed by atoms with Gasteiger partial charge >= 0.3 is 12.0 Å². The third-order valence-corrected chi connectivity index (χ3v) is 3.31. The van der Waals surface area contributed by atoms with Crippen LogP contribution >= 0.6 is 0 Å². The van der Waals surface area contributed by atoms with Gasteiger partial charge in [0.1, 0.15) is 0 Å². The second-order valence-electron chi connectivity index (χ2n) is 4.53. The highest BCUT2D eigenvalue weighted by atomic mass is 16.5. The van der Waals surface area contributed by atoms with E-state index in [9.17, 15) is 9.59 Å². The molecule has 104 valence electrons. The summed E-state index contributed by atoms with van der Waals surface area (Å²) in [6.07, 6.45) is 1.12. The lowest BCUT2D eigenvalue weighted by Gasteiger charge is -2.22. The number of nitrogens with zero attached hydrogens (tertiary/aromatic N) is 1. The highest BCUT2D eigenvalue weighted by molar-refractivity contribution is 5.75. The third-order valence-electron chi connectivity index (χ3n) is 3.31. The number of hydrogen-bond donors (Lipinski definition) is 2. The van der Waals surface area contributed by atoms with E-state index >= 15 is 0 Å². The molecular weight excluding hydrogens is 236 g/mol. The quantitative estimate of drug-likeness (QED) is 0.742. The molecule has 2 atom stereocenters. The molecule has 0 radical (unpaired) electrons.